The fourth-order valence-corrected chi connectivity index (χ4v) is 1.47. The van der Waals surface area contributed by atoms with E-state index in [1.165, 1.54) is 17.7 Å². The Morgan fingerprint density at radius 1 is 1.40 bits per heavy atom. The topological polar surface area (TPSA) is 24.1 Å². The summed E-state index contributed by atoms with van der Waals surface area (Å²) in [6, 6.07) is 0. The van der Waals surface area contributed by atoms with Crippen LogP contribution in [0.25, 0.3) is 0 Å². The third kappa shape index (κ3) is 0.948. The van der Waals surface area contributed by atoms with Crippen LogP contribution in [-0.2, 0) is 0 Å². The van der Waals surface area contributed by atoms with Gasteiger partial charge in [-0.15, -0.1) is 0 Å². The molecule has 2 nitrogen and oxygen atoms in total. The van der Waals surface area contributed by atoms with Gasteiger partial charge in [0.05, 0.1) is 0 Å². The summed E-state index contributed by atoms with van der Waals surface area (Å²) in [5.41, 5.74) is 2.98. The molecule has 0 aromatic rings. The molecule has 10 heavy (non-hydrogen) atoms. The summed E-state index contributed by atoms with van der Waals surface area (Å²) in [5, 5.41) is 6.63. The second-order valence-corrected chi connectivity index (χ2v) is 2.76. The molecule has 0 aliphatic carbocycles. The number of allylic oxidation sites excluding steroid dienone is 1. The van der Waals surface area contributed by atoms with Crippen molar-refractivity contribution in [2.75, 3.05) is 13.1 Å². The van der Waals surface area contributed by atoms with Gasteiger partial charge in [-0.2, -0.15) is 0 Å². The summed E-state index contributed by atoms with van der Waals surface area (Å²) in [6.45, 7) is 2.20. The monoisotopic (exact) mass is 136 g/mol. The Balaban J connectivity index is 2.17. The predicted molar refractivity (Wildman–Crippen MR) is 41.4 cm³/mol. The van der Waals surface area contributed by atoms with Gasteiger partial charge in [-0.05, 0) is 24.6 Å². The molecule has 2 N–H and O–H groups in total. The van der Waals surface area contributed by atoms with Crippen molar-refractivity contribution in [3.05, 3.63) is 23.5 Å². The van der Waals surface area contributed by atoms with Crippen molar-refractivity contribution in [2.45, 2.75) is 12.8 Å². The molecule has 2 aliphatic heterocycles. The van der Waals surface area contributed by atoms with E-state index in [-0.39, 0.29) is 0 Å². The molecule has 0 saturated carbocycles. The van der Waals surface area contributed by atoms with Crippen molar-refractivity contribution in [2.24, 2.45) is 0 Å². The van der Waals surface area contributed by atoms with Crippen LogP contribution in [0.5, 0.6) is 0 Å². The van der Waals surface area contributed by atoms with E-state index in [1.54, 1.807) is 0 Å². The third-order valence-corrected chi connectivity index (χ3v) is 2.06. The first-order chi connectivity index (χ1) is 4.97. The van der Waals surface area contributed by atoms with E-state index < -0.39 is 0 Å². The normalized spacial score (nSPS) is 24.0. The van der Waals surface area contributed by atoms with Gasteiger partial charge in [-0.25, -0.2) is 0 Å². The van der Waals surface area contributed by atoms with Gasteiger partial charge in [0.25, 0.3) is 0 Å². The first kappa shape index (κ1) is 5.98. The maximum Gasteiger partial charge on any atom is 0.0188 e. The summed E-state index contributed by atoms with van der Waals surface area (Å²) in [6.07, 6.45) is 6.52. The molecule has 0 spiro atoms. The highest BCUT2D eigenvalue weighted by atomic mass is 14.9. The molecule has 2 aliphatic rings. The van der Waals surface area contributed by atoms with Crippen LogP contribution in [0.4, 0.5) is 0 Å². The Labute approximate surface area is 61.0 Å². The van der Waals surface area contributed by atoms with Gasteiger partial charge in [-0.3, -0.25) is 0 Å². The van der Waals surface area contributed by atoms with E-state index in [9.17, 15) is 0 Å². The van der Waals surface area contributed by atoms with Gasteiger partial charge in [0.15, 0.2) is 0 Å². The van der Waals surface area contributed by atoms with Crippen LogP contribution in [0.3, 0.4) is 0 Å². The minimum atomic E-state index is 1.08. The Bertz CT molecular complexity index is 171. The summed E-state index contributed by atoms with van der Waals surface area (Å²) < 4.78 is 0. The van der Waals surface area contributed by atoms with E-state index in [0.29, 0.717) is 0 Å². The fraction of sp³-hybridized carbons (Fsp3) is 0.500. The molecular formula is C8H12N2. The minimum absolute atomic E-state index is 1.08. The predicted octanol–water partition coefficient (Wildman–Crippen LogP) is 0.741. The van der Waals surface area contributed by atoms with Crippen molar-refractivity contribution in [3.8, 4) is 0 Å². The number of hydrogen-bond acceptors (Lipinski definition) is 2. The Kier molecular flexibility index (Phi) is 1.47. The standard InChI is InChI=1S/C8H12N2/c1-2-7-6-9-5-3-8(7)10-4-1/h1,4,9-10H,2-3,5-6H2. The number of nitrogens with one attached hydrogen (secondary N) is 2. The van der Waals surface area contributed by atoms with Crippen LogP contribution < -0.4 is 10.6 Å². The first-order valence-corrected chi connectivity index (χ1v) is 3.80. The van der Waals surface area contributed by atoms with Crippen LogP contribution >= 0.6 is 0 Å². The average Bonchev–Trinajstić information content (AvgIpc) is 2.05. The number of dihydropyridines is 1. The van der Waals surface area contributed by atoms with Gasteiger partial charge in [-0.1, -0.05) is 6.08 Å². The van der Waals surface area contributed by atoms with Crippen LogP contribution in [0, 0.1) is 0 Å². The van der Waals surface area contributed by atoms with E-state index in [0.717, 1.165) is 19.5 Å². The second kappa shape index (κ2) is 2.46. The highest BCUT2D eigenvalue weighted by Crippen LogP contribution is 2.16. The van der Waals surface area contributed by atoms with Crippen molar-refractivity contribution in [1.29, 1.82) is 0 Å². The fourth-order valence-electron chi connectivity index (χ4n) is 1.47. The van der Waals surface area contributed by atoms with Gasteiger partial charge in [0, 0.05) is 18.8 Å². The van der Waals surface area contributed by atoms with E-state index in [1.807, 2.05) is 6.20 Å². The van der Waals surface area contributed by atoms with E-state index >= 15 is 0 Å². The maximum absolute atomic E-state index is 3.35. The molecule has 0 aromatic carbocycles. The lowest BCUT2D eigenvalue weighted by Crippen LogP contribution is -2.30. The molecule has 0 atom stereocenters. The zero-order chi connectivity index (χ0) is 6.81. The molecule has 0 amide bonds. The molecule has 0 unspecified atom stereocenters. The largest absolute Gasteiger partial charge is 0.365 e. The number of rotatable bonds is 0. The highest BCUT2D eigenvalue weighted by Gasteiger charge is 2.11. The quantitative estimate of drug-likeness (QED) is 0.513. The Hall–Kier alpha value is -0.760. The molecular weight excluding hydrogens is 124 g/mol. The SMILES string of the molecule is C1=CNC2=C(C1)CNCC2. The molecule has 2 heterocycles. The molecule has 0 radical (unpaired) electrons. The summed E-state index contributed by atoms with van der Waals surface area (Å²) in [7, 11) is 0. The average molecular weight is 136 g/mol. The summed E-state index contributed by atoms with van der Waals surface area (Å²) in [4.78, 5) is 0. The van der Waals surface area contributed by atoms with Crippen molar-refractivity contribution in [1.82, 2.24) is 10.6 Å². The lowest BCUT2D eigenvalue weighted by Gasteiger charge is -2.23. The van der Waals surface area contributed by atoms with E-state index in [2.05, 4.69) is 16.7 Å². The third-order valence-electron chi connectivity index (χ3n) is 2.06. The zero-order valence-corrected chi connectivity index (χ0v) is 5.98. The van der Waals surface area contributed by atoms with Crippen LogP contribution in [0.15, 0.2) is 23.5 Å². The smallest absolute Gasteiger partial charge is 0.0188 e. The molecule has 0 aromatic heterocycles. The molecule has 54 valence electrons. The number of hydrogen-bond donors (Lipinski definition) is 2. The van der Waals surface area contributed by atoms with Crippen molar-refractivity contribution < 1.29 is 0 Å². The van der Waals surface area contributed by atoms with Gasteiger partial charge in [0.1, 0.15) is 0 Å². The summed E-state index contributed by atoms with van der Waals surface area (Å²) in [5.74, 6) is 0. The van der Waals surface area contributed by atoms with Crippen LogP contribution in [-0.4, -0.2) is 13.1 Å². The van der Waals surface area contributed by atoms with Crippen molar-refractivity contribution in [3.63, 3.8) is 0 Å². The first-order valence-electron chi connectivity index (χ1n) is 3.80. The molecule has 0 fully saturated rings. The van der Waals surface area contributed by atoms with Crippen molar-refractivity contribution >= 4 is 0 Å². The van der Waals surface area contributed by atoms with Gasteiger partial charge >= 0.3 is 0 Å². The van der Waals surface area contributed by atoms with Gasteiger partial charge < -0.3 is 10.6 Å². The lowest BCUT2D eigenvalue weighted by molar-refractivity contribution is 0.636. The molecule has 0 bridgehead atoms. The Morgan fingerprint density at radius 3 is 3.30 bits per heavy atom. The van der Waals surface area contributed by atoms with Crippen LogP contribution in [0.1, 0.15) is 12.8 Å². The molecule has 2 heteroatoms. The molecule has 2 rings (SSSR count). The molecule has 0 saturated heterocycles. The van der Waals surface area contributed by atoms with E-state index in [4.69, 9.17) is 0 Å². The van der Waals surface area contributed by atoms with Crippen LogP contribution in [0.2, 0.25) is 0 Å². The Morgan fingerprint density at radius 2 is 2.40 bits per heavy atom. The summed E-state index contributed by atoms with van der Waals surface area (Å²) >= 11 is 0. The second-order valence-electron chi connectivity index (χ2n) is 2.76. The lowest BCUT2D eigenvalue weighted by atomic mass is 10.0. The zero-order valence-electron chi connectivity index (χ0n) is 5.98. The maximum atomic E-state index is 3.35. The highest BCUT2D eigenvalue weighted by molar-refractivity contribution is 5.24. The minimum Gasteiger partial charge on any atom is -0.365 e. The van der Waals surface area contributed by atoms with Gasteiger partial charge in [0.2, 0.25) is 0 Å².